The summed E-state index contributed by atoms with van der Waals surface area (Å²) < 4.78 is 60.7. The summed E-state index contributed by atoms with van der Waals surface area (Å²) in [5.41, 5.74) is 5.47. The number of H-pyrrole nitrogens is 1. The average molecular weight is 499 g/mol. The Morgan fingerprint density at radius 3 is 2.14 bits per heavy atom. The van der Waals surface area contributed by atoms with Crippen LogP contribution in [0.1, 0.15) is 41.8 Å². The Bertz CT molecular complexity index is 1420. The van der Waals surface area contributed by atoms with E-state index in [1.807, 2.05) is 6.92 Å². The Hall–Kier alpha value is -3.72. The maximum absolute atomic E-state index is 15.2. The van der Waals surface area contributed by atoms with Crippen LogP contribution in [0.3, 0.4) is 0 Å². The van der Waals surface area contributed by atoms with Crippen molar-refractivity contribution in [2.45, 2.75) is 33.7 Å². The summed E-state index contributed by atoms with van der Waals surface area (Å²) in [4.78, 5) is 20.7. The molecule has 0 aliphatic heterocycles. The van der Waals surface area contributed by atoms with Gasteiger partial charge in [-0.05, 0) is 55.3 Å². The normalized spacial score (nSPS) is 11.6. The first kappa shape index (κ1) is 25.4. The molecule has 3 N–H and O–H groups in total. The Morgan fingerprint density at radius 2 is 1.58 bits per heavy atom. The molecule has 5 nitrogen and oxygen atoms in total. The van der Waals surface area contributed by atoms with Crippen LogP contribution < -0.4 is 5.73 Å². The molecule has 0 spiro atoms. The lowest BCUT2D eigenvalue weighted by Gasteiger charge is -2.19. The zero-order chi connectivity index (χ0) is 26.1. The van der Waals surface area contributed by atoms with Gasteiger partial charge in [0.05, 0.1) is 22.2 Å². The Morgan fingerprint density at radius 1 is 0.972 bits per heavy atom. The molecule has 4 aromatic rings. The third kappa shape index (κ3) is 4.58. The monoisotopic (exact) mass is 498 g/mol. The second-order valence-electron chi connectivity index (χ2n) is 8.73. The molecule has 0 radical (unpaired) electrons. The lowest BCUT2D eigenvalue weighted by atomic mass is 9.99. The van der Waals surface area contributed by atoms with Gasteiger partial charge in [0, 0.05) is 6.54 Å². The second kappa shape index (κ2) is 10.1. The van der Waals surface area contributed by atoms with Crippen molar-refractivity contribution in [1.82, 2.24) is 14.9 Å². The first-order chi connectivity index (χ1) is 17.2. The van der Waals surface area contributed by atoms with E-state index in [0.717, 1.165) is 25.1 Å². The van der Waals surface area contributed by atoms with Gasteiger partial charge in [-0.3, -0.25) is 9.69 Å². The highest BCUT2D eigenvalue weighted by Crippen LogP contribution is 2.37. The van der Waals surface area contributed by atoms with E-state index in [0.29, 0.717) is 12.1 Å². The molecular weight excluding hydrogens is 472 g/mol. The van der Waals surface area contributed by atoms with E-state index in [2.05, 4.69) is 21.8 Å². The molecule has 0 atom stereocenters. The summed E-state index contributed by atoms with van der Waals surface area (Å²) in [6.45, 7) is 8.21. The summed E-state index contributed by atoms with van der Waals surface area (Å²) in [6.07, 6.45) is 0.988. The highest BCUT2D eigenvalue weighted by atomic mass is 19.2. The number of imidazole rings is 1. The maximum atomic E-state index is 15.2. The Balaban J connectivity index is 1.78. The van der Waals surface area contributed by atoms with E-state index in [1.165, 1.54) is 18.2 Å². The fourth-order valence-electron chi connectivity index (χ4n) is 4.36. The quantitative estimate of drug-likeness (QED) is 0.228. The summed E-state index contributed by atoms with van der Waals surface area (Å²) in [5.74, 6) is -7.51. The number of aryl methyl sites for hydroxylation is 1. The molecular formula is C27H26F4N4O. The van der Waals surface area contributed by atoms with Gasteiger partial charge in [-0.2, -0.15) is 0 Å². The number of carbonyl (C=O) groups is 1. The first-order valence-electron chi connectivity index (χ1n) is 11.6. The number of aromatic nitrogens is 2. The molecule has 0 bridgehead atoms. The van der Waals surface area contributed by atoms with Gasteiger partial charge in [-0.1, -0.05) is 38.1 Å². The number of hydrogen-bond donors (Lipinski definition) is 2. The van der Waals surface area contributed by atoms with E-state index in [-0.39, 0.29) is 22.2 Å². The third-order valence-electron chi connectivity index (χ3n) is 6.13. The van der Waals surface area contributed by atoms with Crippen LogP contribution in [0.15, 0.2) is 36.4 Å². The number of aromatic amines is 1. The minimum atomic E-state index is -1.59. The smallest absolute Gasteiger partial charge is 0.250 e. The van der Waals surface area contributed by atoms with Crippen LogP contribution in [0.5, 0.6) is 0 Å². The van der Waals surface area contributed by atoms with Gasteiger partial charge in [0.15, 0.2) is 23.3 Å². The predicted octanol–water partition coefficient (Wildman–Crippen LogP) is 6.09. The summed E-state index contributed by atoms with van der Waals surface area (Å²) in [6, 6.07) is 9.30. The number of nitrogens with two attached hydrogens (primary N) is 1. The number of benzene rings is 3. The van der Waals surface area contributed by atoms with Crippen molar-refractivity contribution in [1.29, 1.82) is 0 Å². The fraction of sp³-hybridized carbons (Fsp3) is 0.259. The molecule has 36 heavy (non-hydrogen) atoms. The molecule has 4 rings (SSSR count). The minimum Gasteiger partial charge on any atom is -0.366 e. The maximum Gasteiger partial charge on any atom is 0.250 e. The van der Waals surface area contributed by atoms with Crippen LogP contribution in [0.2, 0.25) is 0 Å². The highest BCUT2D eigenvalue weighted by molar-refractivity contribution is 6.05. The molecule has 0 saturated carbocycles. The van der Waals surface area contributed by atoms with Crippen molar-refractivity contribution < 1.29 is 22.4 Å². The lowest BCUT2D eigenvalue weighted by Crippen LogP contribution is -2.23. The van der Waals surface area contributed by atoms with Crippen LogP contribution in [0.25, 0.3) is 33.5 Å². The van der Waals surface area contributed by atoms with Crippen molar-refractivity contribution in [3.05, 3.63) is 76.4 Å². The van der Waals surface area contributed by atoms with Gasteiger partial charge < -0.3 is 10.7 Å². The number of nitrogens with one attached hydrogen (secondary N) is 1. The van der Waals surface area contributed by atoms with Crippen molar-refractivity contribution in [2.24, 2.45) is 5.73 Å². The van der Waals surface area contributed by atoms with E-state index < -0.39 is 46.1 Å². The van der Waals surface area contributed by atoms with Crippen LogP contribution >= 0.6 is 0 Å². The predicted molar refractivity (Wildman–Crippen MR) is 131 cm³/mol. The van der Waals surface area contributed by atoms with Crippen LogP contribution in [0.4, 0.5) is 17.6 Å². The van der Waals surface area contributed by atoms with Gasteiger partial charge in [-0.15, -0.1) is 0 Å². The molecule has 0 saturated heterocycles. The SMILES string of the molecule is CCCN(CC)Cc1ccc(-c2c(F)c(F)c(-c3nc4c(C(N)=O)cc(C)cc4[nH]3)c(F)c2F)cc1. The Labute approximate surface area is 205 Å². The molecule has 0 aliphatic rings. The molecule has 1 heterocycles. The second-order valence-corrected chi connectivity index (χ2v) is 8.73. The van der Waals surface area contributed by atoms with Gasteiger partial charge in [0.2, 0.25) is 0 Å². The van der Waals surface area contributed by atoms with Crippen molar-refractivity contribution >= 4 is 16.9 Å². The lowest BCUT2D eigenvalue weighted by molar-refractivity contribution is 0.100. The highest BCUT2D eigenvalue weighted by Gasteiger charge is 2.29. The van der Waals surface area contributed by atoms with Gasteiger partial charge in [0.1, 0.15) is 11.3 Å². The average Bonchev–Trinajstić information content (AvgIpc) is 3.26. The molecule has 9 heteroatoms. The van der Waals surface area contributed by atoms with E-state index in [1.54, 1.807) is 25.1 Å². The largest absolute Gasteiger partial charge is 0.366 e. The summed E-state index contributed by atoms with van der Waals surface area (Å²) in [5, 5.41) is 0. The van der Waals surface area contributed by atoms with E-state index in [4.69, 9.17) is 5.73 Å². The Kier molecular flexibility index (Phi) is 7.12. The van der Waals surface area contributed by atoms with Gasteiger partial charge in [0.25, 0.3) is 5.91 Å². The topological polar surface area (TPSA) is 75.0 Å². The van der Waals surface area contributed by atoms with Crippen molar-refractivity contribution in [3.63, 3.8) is 0 Å². The van der Waals surface area contributed by atoms with Gasteiger partial charge >= 0.3 is 0 Å². The van der Waals surface area contributed by atoms with Gasteiger partial charge in [-0.25, -0.2) is 22.5 Å². The number of halogens is 4. The van der Waals surface area contributed by atoms with Crippen molar-refractivity contribution in [3.8, 4) is 22.5 Å². The van der Waals surface area contributed by atoms with Crippen LogP contribution in [0, 0.1) is 30.2 Å². The molecule has 188 valence electrons. The zero-order valence-electron chi connectivity index (χ0n) is 20.2. The number of hydrogen-bond acceptors (Lipinski definition) is 3. The number of amides is 1. The third-order valence-corrected chi connectivity index (χ3v) is 6.13. The fourth-order valence-corrected chi connectivity index (χ4v) is 4.36. The summed E-state index contributed by atoms with van der Waals surface area (Å²) in [7, 11) is 0. The summed E-state index contributed by atoms with van der Waals surface area (Å²) >= 11 is 0. The zero-order valence-corrected chi connectivity index (χ0v) is 20.2. The van der Waals surface area contributed by atoms with Crippen LogP contribution in [-0.2, 0) is 6.54 Å². The molecule has 1 amide bonds. The van der Waals surface area contributed by atoms with E-state index in [9.17, 15) is 4.79 Å². The number of rotatable bonds is 8. The molecule has 3 aromatic carbocycles. The molecule has 0 aliphatic carbocycles. The molecule has 0 unspecified atom stereocenters. The number of fused-ring (bicyclic) bond motifs is 1. The van der Waals surface area contributed by atoms with Crippen LogP contribution in [-0.4, -0.2) is 33.9 Å². The number of primary amides is 1. The number of nitrogens with zero attached hydrogens (tertiary/aromatic N) is 2. The van der Waals surface area contributed by atoms with E-state index >= 15 is 17.6 Å². The number of carbonyl (C=O) groups excluding carboxylic acids is 1. The first-order valence-corrected chi connectivity index (χ1v) is 11.6. The molecule has 0 fully saturated rings. The molecule has 1 aromatic heterocycles. The standard InChI is InChI=1S/C27H26F4N4O/c1-4-10-35(5-2)13-15-6-8-16(9-7-15)19-21(28)23(30)20(24(31)22(19)29)27-33-18-12-14(3)11-17(26(32)36)25(18)34-27/h6-9,11-12H,4-5,10,13H2,1-3H3,(H2,32,36)(H,33,34). The van der Waals surface area contributed by atoms with Crippen molar-refractivity contribution in [2.75, 3.05) is 13.1 Å². The minimum absolute atomic E-state index is 0.00730.